The summed E-state index contributed by atoms with van der Waals surface area (Å²) in [6, 6.07) is 0. The van der Waals surface area contributed by atoms with Crippen molar-refractivity contribution in [1.82, 2.24) is 5.32 Å². The maximum Gasteiger partial charge on any atom is 0.220 e. The second kappa shape index (κ2) is 6.33. The van der Waals surface area contributed by atoms with Gasteiger partial charge in [0, 0.05) is 20.1 Å². The molecule has 1 saturated heterocycles. The van der Waals surface area contributed by atoms with Gasteiger partial charge in [0.15, 0.2) is 5.79 Å². The molecule has 0 spiro atoms. The lowest BCUT2D eigenvalue weighted by molar-refractivity contribution is -0.139. The molecule has 2 atom stereocenters. The van der Waals surface area contributed by atoms with E-state index in [4.69, 9.17) is 14.2 Å². The third-order valence-electron chi connectivity index (χ3n) is 2.77. The Bertz CT molecular complexity index is 255. The lowest BCUT2D eigenvalue weighted by atomic mass is 10.2. The fourth-order valence-electron chi connectivity index (χ4n) is 1.63. The standard InChI is InChI=1S/C12H23NO4/c1-9(15-4)5-6-11(14)13-7-10-8-16-12(2,3)17-10/h9-10H,5-8H2,1-4H3,(H,13,14). The van der Waals surface area contributed by atoms with E-state index in [1.165, 1.54) is 0 Å². The number of rotatable bonds is 6. The van der Waals surface area contributed by atoms with Crippen molar-refractivity contribution < 1.29 is 19.0 Å². The Balaban J connectivity index is 2.12. The van der Waals surface area contributed by atoms with Crippen LogP contribution in [0.15, 0.2) is 0 Å². The van der Waals surface area contributed by atoms with Crippen LogP contribution in [0.2, 0.25) is 0 Å². The predicted octanol–water partition coefficient (Wildman–Crippen LogP) is 1.07. The normalized spacial score (nSPS) is 24.6. The van der Waals surface area contributed by atoms with E-state index in [2.05, 4.69) is 5.32 Å². The van der Waals surface area contributed by atoms with E-state index >= 15 is 0 Å². The van der Waals surface area contributed by atoms with Gasteiger partial charge >= 0.3 is 0 Å². The van der Waals surface area contributed by atoms with Gasteiger partial charge in [-0.15, -0.1) is 0 Å². The van der Waals surface area contributed by atoms with Crippen LogP contribution in [0.1, 0.15) is 33.6 Å². The maximum absolute atomic E-state index is 11.5. The Morgan fingerprint density at radius 3 is 2.82 bits per heavy atom. The van der Waals surface area contributed by atoms with E-state index in [9.17, 15) is 4.79 Å². The summed E-state index contributed by atoms with van der Waals surface area (Å²) in [6.07, 6.45) is 1.28. The fraction of sp³-hybridized carbons (Fsp3) is 0.917. The minimum atomic E-state index is -0.528. The van der Waals surface area contributed by atoms with E-state index in [1.807, 2.05) is 20.8 Å². The summed E-state index contributed by atoms with van der Waals surface area (Å²) in [5.41, 5.74) is 0. The average Bonchev–Trinajstić information content (AvgIpc) is 2.63. The Labute approximate surface area is 103 Å². The average molecular weight is 245 g/mol. The van der Waals surface area contributed by atoms with Gasteiger partial charge in [-0.05, 0) is 27.2 Å². The summed E-state index contributed by atoms with van der Waals surface area (Å²) < 4.78 is 16.1. The highest BCUT2D eigenvalue weighted by Crippen LogP contribution is 2.21. The second-order valence-electron chi connectivity index (χ2n) is 4.84. The van der Waals surface area contributed by atoms with Gasteiger partial charge in [-0.3, -0.25) is 4.79 Å². The van der Waals surface area contributed by atoms with Crippen molar-refractivity contribution in [3.8, 4) is 0 Å². The van der Waals surface area contributed by atoms with Crippen LogP contribution in [0.3, 0.4) is 0 Å². The number of carbonyl (C=O) groups is 1. The molecule has 0 aromatic heterocycles. The van der Waals surface area contributed by atoms with E-state index < -0.39 is 5.79 Å². The molecular formula is C12H23NO4. The van der Waals surface area contributed by atoms with Gasteiger partial charge in [0.25, 0.3) is 0 Å². The molecule has 0 aromatic rings. The van der Waals surface area contributed by atoms with Crippen LogP contribution in [-0.4, -0.2) is 44.2 Å². The summed E-state index contributed by atoms with van der Waals surface area (Å²) in [5, 5.41) is 2.84. The number of hydrogen-bond acceptors (Lipinski definition) is 4. The van der Waals surface area contributed by atoms with Crippen LogP contribution in [0, 0.1) is 0 Å². The first-order valence-electron chi connectivity index (χ1n) is 6.04. The minimum Gasteiger partial charge on any atom is -0.382 e. The Kier molecular flexibility index (Phi) is 5.36. The summed E-state index contributed by atoms with van der Waals surface area (Å²) in [7, 11) is 1.65. The number of nitrogens with one attached hydrogen (secondary N) is 1. The van der Waals surface area contributed by atoms with Crippen molar-refractivity contribution in [3.05, 3.63) is 0 Å². The molecule has 0 aliphatic carbocycles. The van der Waals surface area contributed by atoms with Gasteiger partial charge in [-0.1, -0.05) is 0 Å². The first kappa shape index (κ1) is 14.4. The quantitative estimate of drug-likeness (QED) is 0.760. The number of methoxy groups -OCH3 is 1. The molecule has 1 amide bonds. The summed E-state index contributed by atoms with van der Waals surface area (Å²) in [4.78, 5) is 11.5. The molecule has 100 valence electrons. The number of hydrogen-bond donors (Lipinski definition) is 1. The van der Waals surface area contributed by atoms with Gasteiger partial charge < -0.3 is 19.5 Å². The van der Waals surface area contributed by atoms with Crippen LogP contribution in [-0.2, 0) is 19.0 Å². The summed E-state index contributed by atoms with van der Waals surface area (Å²) >= 11 is 0. The van der Waals surface area contributed by atoms with Crippen molar-refractivity contribution in [2.45, 2.75) is 51.6 Å². The number of ether oxygens (including phenoxy) is 3. The minimum absolute atomic E-state index is 0.0298. The monoisotopic (exact) mass is 245 g/mol. The molecule has 0 saturated carbocycles. The lowest BCUT2D eigenvalue weighted by Crippen LogP contribution is -2.34. The molecule has 1 rings (SSSR count). The van der Waals surface area contributed by atoms with E-state index in [0.717, 1.165) is 6.42 Å². The SMILES string of the molecule is COC(C)CCC(=O)NCC1COC(C)(C)O1. The van der Waals surface area contributed by atoms with Crippen molar-refractivity contribution in [2.75, 3.05) is 20.3 Å². The first-order valence-corrected chi connectivity index (χ1v) is 6.04. The van der Waals surface area contributed by atoms with E-state index in [1.54, 1.807) is 7.11 Å². The van der Waals surface area contributed by atoms with Crippen LogP contribution in [0.25, 0.3) is 0 Å². The van der Waals surface area contributed by atoms with Crippen molar-refractivity contribution in [3.63, 3.8) is 0 Å². The van der Waals surface area contributed by atoms with Gasteiger partial charge in [0.2, 0.25) is 5.91 Å². The molecule has 0 bridgehead atoms. The molecule has 0 aromatic carbocycles. The van der Waals surface area contributed by atoms with Crippen molar-refractivity contribution in [2.24, 2.45) is 0 Å². The molecule has 5 heteroatoms. The third kappa shape index (κ3) is 5.48. The van der Waals surface area contributed by atoms with Gasteiger partial charge in [-0.2, -0.15) is 0 Å². The second-order valence-corrected chi connectivity index (χ2v) is 4.84. The highest BCUT2D eigenvalue weighted by atomic mass is 16.7. The zero-order valence-electron chi connectivity index (χ0n) is 11.1. The van der Waals surface area contributed by atoms with Crippen LogP contribution in [0.4, 0.5) is 0 Å². The molecule has 1 aliphatic heterocycles. The topological polar surface area (TPSA) is 56.8 Å². The summed E-state index contributed by atoms with van der Waals surface area (Å²) in [5.74, 6) is -0.498. The molecular weight excluding hydrogens is 222 g/mol. The Morgan fingerprint density at radius 1 is 1.59 bits per heavy atom. The molecule has 1 N–H and O–H groups in total. The predicted molar refractivity (Wildman–Crippen MR) is 63.6 cm³/mol. The first-order chi connectivity index (χ1) is 7.93. The van der Waals surface area contributed by atoms with Gasteiger partial charge in [0.1, 0.15) is 6.10 Å². The molecule has 2 unspecified atom stereocenters. The Morgan fingerprint density at radius 2 is 2.29 bits per heavy atom. The van der Waals surface area contributed by atoms with E-state index in [0.29, 0.717) is 19.6 Å². The van der Waals surface area contributed by atoms with E-state index in [-0.39, 0.29) is 18.1 Å². The highest BCUT2D eigenvalue weighted by Gasteiger charge is 2.32. The third-order valence-corrected chi connectivity index (χ3v) is 2.77. The van der Waals surface area contributed by atoms with Crippen LogP contribution in [0.5, 0.6) is 0 Å². The van der Waals surface area contributed by atoms with Gasteiger partial charge in [0.05, 0.1) is 12.7 Å². The van der Waals surface area contributed by atoms with Crippen molar-refractivity contribution in [1.29, 1.82) is 0 Å². The van der Waals surface area contributed by atoms with Crippen molar-refractivity contribution >= 4 is 5.91 Å². The zero-order chi connectivity index (χ0) is 12.9. The smallest absolute Gasteiger partial charge is 0.220 e. The van der Waals surface area contributed by atoms with Gasteiger partial charge in [-0.25, -0.2) is 0 Å². The highest BCUT2D eigenvalue weighted by molar-refractivity contribution is 5.75. The zero-order valence-corrected chi connectivity index (χ0v) is 11.1. The molecule has 1 aliphatic rings. The van der Waals surface area contributed by atoms with Crippen LogP contribution < -0.4 is 5.32 Å². The van der Waals surface area contributed by atoms with Crippen LogP contribution >= 0.6 is 0 Å². The lowest BCUT2D eigenvalue weighted by Gasteiger charge is -2.17. The number of amides is 1. The molecule has 1 heterocycles. The molecule has 5 nitrogen and oxygen atoms in total. The Hall–Kier alpha value is -0.650. The summed E-state index contributed by atoms with van der Waals surface area (Å²) in [6.45, 7) is 6.72. The fourth-order valence-corrected chi connectivity index (χ4v) is 1.63. The maximum atomic E-state index is 11.5. The number of carbonyl (C=O) groups excluding carboxylic acids is 1. The molecule has 1 fully saturated rings. The molecule has 0 radical (unpaired) electrons. The largest absolute Gasteiger partial charge is 0.382 e. The molecule has 17 heavy (non-hydrogen) atoms.